The Morgan fingerprint density at radius 1 is 1.00 bits per heavy atom. The number of aryl methyl sites for hydroxylation is 1. The van der Waals surface area contributed by atoms with E-state index in [1.807, 2.05) is 0 Å². The molecule has 0 saturated carbocycles. The standard InChI is InChI=1S/C25H20ClN5O3/c1-2-31-25(34)19-11-4-3-10-18(19)22(30-31)24(33)29-27-15-16-8-7-9-17(14-16)28-23(32)20-12-5-6-13-21(20)26/h3-15H,2H2,1H3,(H,28,32)(H,29,33)/b27-15+. The number of anilines is 1. The van der Waals surface area contributed by atoms with Crippen molar-refractivity contribution in [1.29, 1.82) is 0 Å². The number of carbonyl (C=O) groups is 2. The number of nitrogens with zero attached hydrogens (tertiary/aromatic N) is 3. The molecule has 3 aromatic carbocycles. The van der Waals surface area contributed by atoms with Crippen molar-refractivity contribution in [3.05, 3.63) is 105 Å². The van der Waals surface area contributed by atoms with E-state index in [0.29, 0.717) is 39.2 Å². The molecule has 0 aliphatic heterocycles. The lowest BCUT2D eigenvalue weighted by Gasteiger charge is -2.08. The zero-order chi connectivity index (χ0) is 24.1. The number of halogens is 1. The highest BCUT2D eigenvalue weighted by molar-refractivity contribution is 6.34. The van der Waals surface area contributed by atoms with Crippen molar-refractivity contribution in [3.8, 4) is 0 Å². The minimum absolute atomic E-state index is 0.106. The Balaban J connectivity index is 1.50. The third-order valence-corrected chi connectivity index (χ3v) is 5.35. The first-order valence-electron chi connectivity index (χ1n) is 10.5. The molecule has 0 saturated heterocycles. The van der Waals surface area contributed by atoms with Gasteiger partial charge in [-0.2, -0.15) is 10.2 Å². The summed E-state index contributed by atoms with van der Waals surface area (Å²) in [5.74, 6) is -0.880. The Morgan fingerprint density at radius 2 is 1.74 bits per heavy atom. The van der Waals surface area contributed by atoms with Crippen molar-refractivity contribution < 1.29 is 9.59 Å². The van der Waals surface area contributed by atoms with Crippen molar-refractivity contribution in [1.82, 2.24) is 15.2 Å². The molecule has 1 heterocycles. The van der Waals surface area contributed by atoms with Gasteiger partial charge < -0.3 is 5.32 Å². The summed E-state index contributed by atoms with van der Waals surface area (Å²) in [4.78, 5) is 37.7. The van der Waals surface area contributed by atoms with Gasteiger partial charge in [0, 0.05) is 17.6 Å². The van der Waals surface area contributed by atoms with Crippen LogP contribution in [0.15, 0.2) is 82.7 Å². The average Bonchev–Trinajstić information content (AvgIpc) is 2.85. The van der Waals surface area contributed by atoms with Gasteiger partial charge in [0.1, 0.15) is 0 Å². The van der Waals surface area contributed by atoms with E-state index < -0.39 is 5.91 Å². The summed E-state index contributed by atoms with van der Waals surface area (Å²) in [5.41, 5.74) is 3.86. The van der Waals surface area contributed by atoms with Gasteiger partial charge in [0.15, 0.2) is 5.69 Å². The molecule has 0 spiro atoms. The maximum atomic E-state index is 12.8. The summed E-state index contributed by atoms with van der Waals surface area (Å²) in [7, 11) is 0. The number of hydrogen-bond acceptors (Lipinski definition) is 5. The van der Waals surface area contributed by atoms with Gasteiger partial charge in [-0.3, -0.25) is 14.4 Å². The van der Waals surface area contributed by atoms with Crippen molar-refractivity contribution >= 4 is 46.1 Å². The van der Waals surface area contributed by atoms with E-state index in [2.05, 4.69) is 20.9 Å². The molecule has 1 aromatic heterocycles. The van der Waals surface area contributed by atoms with Crippen LogP contribution in [-0.2, 0) is 6.54 Å². The fourth-order valence-corrected chi connectivity index (χ4v) is 3.60. The number of hydrogen-bond donors (Lipinski definition) is 2. The maximum Gasteiger partial charge on any atom is 0.292 e. The van der Waals surface area contributed by atoms with Crippen LogP contribution in [0.3, 0.4) is 0 Å². The quantitative estimate of drug-likeness (QED) is 0.325. The van der Waals surface area contributed by atoms with Crippen LogP contribution < -0.4 is 16.3 Å². The molecule has 0 unspecified atom stereocenters. The number of nitrogens with one attached hydrogen (secondary N) is 2. The van der Waals surface area contributed by atoms with Crippen molar-refractivity contribution in [2.24, 2.45) is 5.10 Å². The van der Waals surface area contributed by atoms with Crippen LogP contribution in [0.2, 0.25) is 5.02 Å². The smallest absolute Gasteiger partial charge is 0.292 e. The highest BCUT2D eigenvalue weighted by Crippen LogP contribution is 2.18. The third-order valence-electron chi connectivity index (χ3n) is 5.03. The molecule has 0 bridgehead atoms. The van der Waals surface area contributed by atoms with Gasteiger partial charge in [-0.1, -0.05) is 54.1 Å². The van der Waals surface area contributed by atoms with Crippen molar-refractivity contribution in [3.63, 3.8) is 0 Å². The first kappa shape index (κ1) is 22.9. The summed E-state index contributed by atoms with van der Waals surface area (Å²) in [5, 5.41) is 12.2. The summed E-state index contributed by atoms with van der Waals surface area (Å²) in [6, 6.07) is 20.5. The molecule has 170 valence electrons. The third kappa shape index (κ3) is 4.87. The zero-order valence-corrected chi connectivity index (χ0v) is 18.9. The normalized spacial score (nSPS) is 11.0. The highest BCUT2D eigenvalue weighted by Gasteiger charge is 2.15. The second-order valence-electron chi connectivity index (χ2n) is 7.27. The molecule has 0 aliphatic carbocycles. The topological polar surface area (TPSA) is 105 Å². The molecule has 0 atom stereocenters. The van der Waals surface area contributed by atoms with E-state index in [4.69, 9.17) is 11.6 Å². The molecule has 0 radical (unpaired) electrons. The highest BCUT2D eigenvalue weighted by atomic mass is 35.5. The summed E-state index contributed by atoms with van der Waals surface area (Å²) in [6.45, 7) is 2.11. The predicted molar refractivity (Wildman–Crippen MR) is 133 cm³/mol. The average molecular weight is 474 g/mol. The SMILES string of the molecule is CCn1nc(C(=O)N/N=C/c2cccc(NC(=O)c3ccccc3Cl)c2)c2ccccc2c1=O. The Morgan fingerprint density at radius 3 is 2.50 bits per heavy atom. The largest absolute Gasteiger partial charge is 0.322 e. The van der Waals surface area contributed by atoms with Gasteiger partial charge in [-0.05, 0) is 42.8 Å². The van der Waals surface area contributed by atoms with Crippen LogP contribution in [-0.4, -0.2) is 27.8 Å². The number of rotatable bonds is 6. The zero-order valence-electron chi connectivity index (χ0n) is 18.2. The van der Waals surface area contributed by atoms with Crippen molar-refractivity contribution in [2.45, 2.75) is 13.5 Å². The molecule has 4 aromatic rings. The Bertz CT molecular complexity index is 1480. The van der Waals surface area contributed by atoms with Crippen molar-refractivity contribution in [2.75, 3.05) is 5.32 Å². The summed E-state index contributed by atoms with van der Waals surface area (Å²) in [6.07, 6.45) is 1.45. The van der Waals surface area contributed by atoms with Gasteiger partial charge in [0.25, 0.3) is 17.4 Å². The molecular weight excluding hydrogens is 454 g/mol. The van der Waals surface area contributed by atoms with E-state index >= 15 is 0 Å². The molecule has 4 rings (SSSR count). The molecule has 2 N–H and O–H groups in total. The van der Waals surface area contributed by atoms with E-state index in [9.17, 15) is 14.4 Å². The van der Waals surface area contributed by atoms with Crippen LogP contribution in [0, 0.1) is 0 Å². The first-order valence-corrected chi connectivity index (χ1v) is 10.8. The first-order chi connectivity index (χ1) is 16.5. The van der Waals surface area contributed by atoms with E-state index in [-0.39, 0.29) is 17.2 Å². The number of amides is 2. The second-order valence-corrected chi connectivity index (χ2v) is 7.68. The summed E-state index contributed by atoms with van der Waals surface area (Å²) >= 11 is 6.08. The number of aromatic nitrogens is 2. The van der Waals surface area contributed by atoms with Gasteiger partial charge in [-0.25, -0.2) is 10.1 Å². The Kier molecular flexibility index (Phi) is 6.79. The lowest BCUT2D eigenvalue weighted by atomic mass is 10.1. The van der Waals surface area contributed by atoms with Crippen LogP contribution in [0.25, 0.3) is 10.8 Å². The maximum absolute atomic E-state index is 12.8. The number of hydrazone groups is 1. The minimum Gasteiger partial charge on any atom is -0.322 e. The lowest BCUT2D eigenvalue weighted by molar-refractivity contribution is 0.0949. The second kappa shape index (κ2) is 10.1. The molecule has 0 aliphatic rings. The molecule has 9 heteroatoms. The molecule has 0 fully saturated rings. The monoisotopic (exact) mass is 473 g/mol. The van der Waals surface area contributed by atoms with Crippen LogP contribution in [0.1, 0.15) is 33.3 Å². The van der Waals surface area contributed by atoms with E-state index in [0.717, 1.165) is 0 Å². The summed E-state index contributed by atoms with van der Waals surface area (Å²) < 4.78 is 1.24. The fourth-order valence-electron chi connectivity index (χ4n) is 3.38. The predicted octanol–water partition coefficient (Wildman–Crippen LogP) is 4.09. The minimum atomic E-state index is -0.544. The van der Waals surface area contributed by atoms with Crippen LogP contribution in [0.5, 0.6) is 0 Å². The van der Waals surface area contributed by atoms with E-state index in [1.54, 1.807) is 79.7 Å². The lowest BCUT2D eigenvalue weighted by Crippen LogP contribution is -2.28. The number of carbonyl (C=O) groups excluding carboxylic acids is 2. The molecule has 2 amide bonds. The Labute approximate surface area is 199 Å². The van der Waals surface area contributed by atoms with Gasteiger partial charge in [0.05, 0.1) is 22.2 Å². The van der Waals surface area contributed by atoms with Crippen LogP contribution >= 0.6 is 11.6 Å². The number of fused-ring (bicyclic) bond motifs is 1. The van der Waals surface area contributed by atoms with Gasteiger partial charge in [0.2, 0.25) is 0 Å². The van der Waals surface area contributed by atoms with E-state index in [1.165, 1.54) is 10.9 Å². The molecular formula is C25H20ClN5O3. The number of benzene rings is 3. The fraction of sp³-hybridized carbons (Fsp3) is 0.0800. The van der Waals surface area contributed by atoms with Crippen LogP contribution in [0.4, 0.5) is 5.69 Å². The molecule has 34 heavy (non-hydrogen) atoms. The Hall–Kier alpha value is -4.30. The van der Waals surface area contributed by atoms with Gasteiger partial charge >= 0.3 is 0 Å². The van der Waals surface area contributed by atoms with Gasteiger partial charge in [-0.15, -0.1) is 0 Å². The molecule has 8 nitrogen and oxygen atoms in total.